The number of hydrogen-bond acceptors (Lipinski definition) is 4. The topological polar surface area (TPSA) is 84.0 Å². The second-order valence-corrected chi connectivity index (χ2v) is 7.20. The highest BCUT2D eigenvalue weighted by Gasteiger charge is 2.14. The number of nitrogens with zero attached hydrogens (tertiary/aromatic N) is 1. The van der Waals surface area contributed by atoms with Gasteiger partial charge in [0.05, 0.1) is 13.7 Å². The maximum Gasteiger partial charge on any atom is 0.224 e. The highest BCUT2D eigenvalue weighted by atomic mass is 127. The van der Waals surface area contributed by atoms with Crippen molar-refractivity contribution < 1.29 is 14.3 Å². The lowest BCUT2D eigenvalue weighted by atomic mass is 10.0. The second-order valence-electron chi connectivity index (χ2n) is 7.20. The zero-order valence-corrected chi connectivity index (χ0v) is 20.6. The number of ether oxygens (including phenoxy) is 2. The fourth-order valence-corrected chi connectivity index (χ4v) is 3.35. The molecule has 1 heterocycles. The number of rotatable bonds is 8. The Labute approximate surface area is 201 Å². The zero-order chi connectivity index (χ0) is 21.3. The van der Waals surface area contributed by atoms with Crippen LogP contribution in [0.1, 0.15) is 23.1 Å². The number of halogens is 1. The number of hydrogen-bond donors (Lipinski definition) is 3. The number of carbonyl (C=O) groups excluding carboxylic acids is 1. The Morgan fingerprint density at radius 1 is 1.13 bits per heavy atom. The summed E-state index contributed by atoms with van der Waals surface area (Å²) in [5, 5.41) is 9.45. The predicted molar refractivity (Wildman–Crippen MR) is 135 cm³/mol. The third-order valence-electron chi connectivity index (χ3n) is 5.04. The van der Waals surface area contributed by atoms with Gasteiger partial charge in [0.1, 0.15) is 18.1 Å². The summed E-state index contributed by atoms with van der Waals surface area (Å²) < 4.78 is 11.2. The molecule has 3 N–H and O–H groups in total. The van der Waals surface area contributed by atoms with Crippen LogP contribution >= 0.6 is 24.0 Å². The fourth-order valence-electron chi connectivity index (χ4n) is 3.35. The van der Waals surface area contributed by atoms with E-state index in [1.165, 1.54) is 5.56 Å². The SMILES string of the molecule is CN=C(NCCOc1ccc2c(c1)CCC(=O)N2)NCCc1ccc(C)c(OC)c1.I. The number of carbonyl (C=O) groups is 1. The molecule has 0 fully saturated rings. The molecule has 0 unspecified atom stereocenters. The van der Waals surface area contributed by atoms with Crippen LogP contribution < -0.4 is 25.4 Å². The molecule has 0 bridgehead atoms. The highest BCUT2D eigenvalue weighted by molar-refractivity contribution is 14.0. The Morgan fingerprint density at radius 2 is 1.94 bits per heavy atom. The molecule has 0 saturated heterocycles. The summed E-state index contributed by atoms with van der Waals surface area (Å²) in [6.07, 6.45) is 2.15. The summed E-state index contributed by atoms with van der Waals surface area (Å²) in [7, 11) is 3.45. The number of amides is 1. The number of anilines is 1. The van der Waals surface area contributed by atoms with Crippen molar-refractivity contribution in [3.63, 3.8) is 0 Å². The minimum absolute atomic E-state index is 0. The van der Waals surface area contributed by atoms with E-state index in [1.807, 2.05) is 25.1 Å². The maximum absolute atomic E-state index is 11.4. The number of methoxy groups -OCH3 is 1. The first-order valence-electron chi connectivity index (χ1n) is 10.2. The second kappa shape index (κ2) is 12.4. The van der Waals surface area contributed by atoms with Crippen molar-refractivity contribution in [2.45, 2.75) is 26.2 Å². The van der Waals surface area contributed by atoms with Crippen molar-refractivity contribution in [2.24, 2.45) is 4.99 Å². The van der Waals surface area contributed by atoms with Gasteiger partial charge in [-0.05, 0) is 60.7 Å². The van der Waals surface area contributed by atoms with Crippen LogP contribution in [0, 0.1) is 6.92 Å². The van der Waals surface area contributed by atoms with Crippen molar-refractivity contribution in [3.8, 4) is 11.5 Å². The van der Waals surface area contributed by atoms with Crippen molar-refractivity contribution >= 4 is 41.5 Å². The number of benzene rings is 2. The largest absolute Gasteiger partial charge is 0.496 e. The Balaban J connectivity index is 0.00000341. The average Bonchev–Trinajstić information content (AvgIpc) is 2.76. The van der Waals surface area contributed by atoms with Gasteiger partial charge >= 0.3 is 0 Å². The van der Waals surface area contributed by atoms with Gasteiger partial charge in [0.2, 0.25) is 5.91 Å². The molecule has 7 nitrogen and oxygen atoms in total. The van der Waals surface area contributed by atoms with Crippen molar-refractivity contribution in [3.05, 3.63) is 53.1 Å². The minimum Gasteiger partial charge on any atom is -0.496 e. The van der Waals surface area contributed by atoms with Gasteiger partial charge in [0.25, 0.3) is 0 Å². The third-order valence-corrected chi connectivity index (χ3v) is 5.04. The van der Waals surface area contributed by atoms with Crippen LogP contribution in [0.2, 0.25) is 0 Å². The van der Waals surface area contributed by atoms with Gasteiger partial charge in [-0.1, -0.05) is 12.1 Å². The smallest absolute Gasteiger partial charge is 0.224 e. The standard InChI is InChI=1S/C23H30N4O3.HI/c1-16-4-5-17(14-21(16)29-3)10-11-25-23(24-2)26-12-13-30-19-7-8-20-18(15-19)6-9-22(28)27-20;/h4-5,7-8,14-15H,6,9-13H2,1-3H3,(H,27,28)(H2,24,25,26);1H. The quantitative estimate of drug-likeness (QED) is 0.208. The van der Waals surface area contributed by atoms with E-state index >= 15 is 0 Å². The van der Waals surface area contributed by atoms with Crippen LogP contribution in [0.25, 0.3) is 0 Å². The van der Waals surface area contributed by atoms with Crippen LogP contribution in [0.5, 0.6) is 11.5 Å². The predicted octanol–water partition coefficient (Wildman–Crippen LogP) is 3.29. The molecule has 31 heavy (non-hydrogen) atoms. The van der Waals surface area contributed by atoms with Gasteiger partial charge in [-0.2, -0.15) is 0 Å². The molecule has 168 valence electrons. The van der Waals surface area contributed by atoms with Crippen molar-refractivity contribution in [1.29, 1.82) is 0 Å². The fraction of sp³-hybridized carbons (Fsp3) is 0.391. The first-order chi connectivity index (χ1) is 14.6. The van der Waals surface area contributed by atoms with Gasteiger partial charge in [-0.3, -0.25) is 9.79 Å². The highest BCUT2D eigenvalue weighted by Crippen LogP contribution is 2.26. The van der Waals surface area contributed by atoms with E-state index in [0.29, 0.717) is 19.6 Å². The molecule has 0 aromatic heterocycles. The summed E-state index contributed by atoms with van der Waals surface area (Å²) in [4.78, 5) is 15.7. The summed E-state index contributed by atoms with van der Waals surface area (Å²) in [6.45, 7) is 3.95. The average molecular weight is 538 g/mol. The lowest BCUT2D eigenvalue weighted by molar-refractivity contribution is -0.116. The molecule has 2 aromatic rings. The van der Waals surface area contributed by atoms with Crippen LogP contribution in [0.4, 0.5) is 5.69 Å². The molecule has 3 rings (SSSR count). The van der Waals surface area contributed by atoms with Crippen LogP contribution in [0.3, 0.4) is 0 Å². The van der Waals surface area contributed by atoms with Gasteiger partial charge < -0.3 is 25.4 Å². The zero-order valence-electron chi connectivity index (χ0n) is 18.3. The Hall–Kier alpha value is -2.49. The first-order valence-corrected chi connectivity index (χ1v) is 10.2. The summed E-state index contributed by atoms with van der Waals surface area (Å²) in [6, 6.07) is 12.0. The Morgan fingerprint density at radius 3 is 2.71 bits per heavy atom. The molecule has 0 saturated carbocycles. The van der Waals surface area contributed by atoms with Gasteiger partial charge in [-0.15, -0.1) is 24.0 Å². The monoisotopic (exact) mass is 538 g/mol. The Kier molecular flexibility index (Phi) is 9.90. The Bertz CT molecular complexity index is 918. The van der Waals surface area contributed by atoms with E-state index < -0.39 is 0 Å². The molecule has 1 amide bonds. The molecule has 2 aromatic carbocycles. The maximum atomic E-state index is 11.4. The summed E-state index contributed by atoms with van der Waals surface area (Å²) in [5.41, 5.74) is 4.35. The number of fused-ring (bicyclic) bond motifs is 1. The van der Waals surface area contributed by atoms with Crippen LogP contribution in [-0.2, 0) is 17.6 Å². The van der Waals surface area contributed by atoms with Crippen LogP contribution in [-0.4, -0.2) is 45.7 Å². The van der Waals surface area contributed by atoms with Crippen molar-refractivity contribution in [1.82, 2.24) is 10.6 Å². The van der Waals surface area contributed by atoms with Gasteiger partial charge in [0.15, 0.2) is 5.96 Å². The van der Waals surface area contributed by atoms with Crippen LogP contribution in [0.15, 0.2) is 41.4 Å². The summed E-state index contributed by atoms with van der Waals surface area (Å²) >= 11 is 0. The third kappa shape index (κ3) is 7.30. The molecule has 0 aliphatic carbocycles. The molecule has 0 atom stereocenters. The van der Waals surface area contributed by atoms with E-state index in [1.54, 1.807) is 14.2 Å². The van der Waals surface area contributed by atoms with Gasteiger partial charge in [-0.25, -0.2) is 0 Å². The van der Waals surface area contributed by atoms with Crippen molar-refractivity contribution in [2.75, 3.05) is 39.2 Å². The number of guanidine groups is 1. The molecule has 0 radical (unpaired) electrons. The molecule has 1 aliphatic heterocycles. The minimum atomic E-state index is 0. The molecule has 1 aliphatic rings. The molecular formula is C23H31IN4O3. The van der Waals surface area contributed by atoms with E-state index in [9.17, 15) is 4.79 Å². The lowest BCUT2D eigenvalue weighted by Gasteiger charge is -2.18. The number of aryl methyl sites for hydroxylation is 2. The molecular weight excluding hydrogens is 507 g/mol. The number of aliphatic imine (C=N–C) groups is 1. The lowest BCUT2D eigenvalue weighted by Crippen LogP contribution is -2.40. The van der Waals surface area contributed by atoms with E-state index in [4.69, 9.17) is 9.47 Å². The number of nitrogens with one attached hydrogen (secondary N) is 3. The molecule has 8 heteroatoms. The normalized spacial score (nSPS) is 12.9. The first kappa shape index (κ1) is 24.8. The van der Waals surface area contributed by atoms with E-state index in [0.717, 1.165) is 53.7 Å². The summed E-state index contributed by atoms with van der Waals surface area (Å²) in [5.74, 6) is 2.53. The van der Waals surface area contributed by atoms with Gasteiger partial charge in [0, 0.05) is 25.7 Å². The van der Waals surface area contributed by atoms with E-state index in [-0.39, 0.29) is 29.9 Å². The molecule has 0 spiro atoms. The van der Waals surface area contributed by atoms with E-state index in [2.05, 4.69) is 39.1 Å².